The second-order valence-electron chi connectivity index (χ2n) is 6.76. The topological polar surface area (TPSA) is 117 Å². The minimum atomic E-state index is -4.44. The summed E-state index contributed by atoms with van der Waals surface area (Å²) in [5.41, 5.74) is 0. The van der Waals surface area contributed by atoms with Crippen molar-refractivity contribution in [1.82, 2.24) is 0 Å². The molecular formula is C18H38O8P2-2. The molecule has 0 spiro atoms. The van der Waals surface area contributed by atoms with Gasteiger partial charge in [0.1, 0.15) is 0 Å². The van der Waals surface area contributed by atoms with E-state index < -0.39 is 28.9 Å². The van der Waals surface area contributed by atoms with Crippen molar-refractivity contribution in [3.63, 3.8) is 0 Å². The Labute approximate surface area is 170 Å². The fourth-order valence-electron chi connectivity index (χ4n) is 2.49. The van der Waals surface area contributed by atoms with E-state index in [0.29, 0.717) is 12.8 Å². The Morgan fingerprint density at radius 2 is 0.786 bits per heavy atom. The normalized spacial score (nSPS) is 16.0. The summed E-state index contributed by atoms with van der Waals surface area (Å²) in [6.45, 7) is 3.51. The molecular weight excluding hydrogens is 406 g/mol. The van der Waals surface area contributed by atoms with Crippen molar-refractivity contribution in [3.05, 3.63) is 0 Å². The van der Waals surface area contributed by atoms with Crippen LogP contribution in [0.2, 0.25) is 0 Å². The first-order valence-electron chi connectivity index (χ1n) is 10.5. The SMILES string of the molecule is CCCCCCCCOP(=O)([O-])OCCOP(=O)([O-])OCCCCCCCC. The van der Waals surface area contributed by atoms with E-state index in [2.05, 4.69) is 22.9 Å². The van der Waals surface area contributed by atoms with Gasteiger partial charge in [0.2, 0.25) is 0 Å². The maximum atomic E-state index is 11.6. The molecule has 0 aliphatic carbocycles. The number of phosphoric ester groups is 2. The van der Waals surface area contributed by atoms with E-state index in [0.717, 1.165) is 51.4 Å². The summed E-state index contributed by atoms with van der Waals surface area (Å²) in [5, 5.41) is 0. The van der Waals surface area contributed by atoms with Crippen molar-refractivity contribution < 1.29 is 37.0 Å². The van der Waals surface area contributed by atoms with Gasteiger partial charge in [0, 0.05) is 0 Å². The van der Waals surface area contributed by atoms with E-state index in [9.17, 15) is 18.9 Å². The van der Waals surface area contributed by atoms with Crippen molar-refractivity contribution in [3.8, 4) is 0 Å². The maximum Gasteiger partial charge on any atom is 0.267 e. The number of hydrogen-bond acceptors (Lipinski definition) is 8. The molecule has 0 aromatic rings. The third kappa shape index (κ3) is 19.5. The second-order valence-corrected chi connectivity index (χ2v) is 9.58. The summed E-state index contributed by atoms with van der Waals surface area (Å²) in [6.07, 6.45) is 12.1. The molecule has 0 aromatic carbocycles. The first-order chi connectivity index (χ1) is 13.3. The van der Waals surface area contributed by atoms with Crippen LogP contribution in [0.25, 0.3) is 0 Å². The van der Waals surface area contributed by atoms with Gasteiger partial charge in [-0.1, -0.05) is 78.1 Å². The average Bonchev–Trinajstić information content (AvgIpc) is 2.64. The van der Waals surface area contributed by atoms with Gasteiger partial charge in [-0.2, -0.15) is 0 Å². The smallest absolute Gasteiger partial charge is 0.267 e. The van der Waals surface area contributed by atoms with Gasteiger partial charge in [-0.25, -0.2) is 0 Å². The average molecular weight is 444 g/mol. The molecule has 170 valence electrons. The Hall–Kier alpha value is 0.220. The number of rotatable bonds is 21. The van der Waals surface area contributed by atoms with Crippen LogP contribution in [0.1, 0.15) is 90.9 Å². The Morgan fingerprint density at radius 1 is 0.500 bits per heavy atom. The van der Waals surface area contributed by atoms with Crippen molar-refractivity contribution in [2.75, 3.05) is 26.4 Å². The highest BCUT2D eigenvalue weighted by Crippen LogP contribution is 2.40. The van der Waals surface area contributed by atoms with Crippen LogP contribution in [0.4, 0.5) is 0 Å². The molecule has 0 amide bonds. The van der Waals surface area contributed by atoms with Crippen LogP contribution >= 0.6 is 15.6 Å². The summed E-state index contributed by atoms with van der Waals surface area (Å²) in [6, 6.07) is 0. The molecule has 10 heteroatoms. The molecule has 0 radical (unpaired) electrons. The van der Waals surface area contributed by atoms with Crippen LogP contribution in [-0.2, 0) is 27.2 Å². The van der Waals surface area contributed by atoms with Crippen molar-refractivity contribution in [1.29, 1.82) is 0 Å². The fourth-order valence-corrected chi connectivity index (χ4v) is 3.94. The van der Waals surface area contributed by atoms with Crippen LogP contribution in [0, 0.1) is 0 Å². The molecule has 0 aromatic heterocycles. The van der Waals surface area contributed by atoms with Gasteiger partial charge >= 0.3 is 0 Å². The third-order valence-corrected chi connectivity index (χ3v) is 6.07. The molecule has 0 saturated carbocycles. The van der Waals surface area contributed by atoms with E-state index in [1.54, 1.807) is 0 Å². The predicted octanol–water partition coefficient (Wildman–Crippen LogP) is 4.71. The molecule has 0 aliphatic heterocycles. The van der Waals surface area contributed by atoms with Crippen LogP contribution in [0.5, 0.6) is 0 Å². The fraction of sp³-hybridized carbons (Fsp3) is 1.00. The number of unbranched alkanes of at least 4 members (excludes halogenated alkanes) is 10. The minimum absolute atomic E-state index is 0.0647. The molecule has 2 atom stereocenters. The quantitative estimate of drug-likeness (QED) is 0.185. The molecule has 0 saturated heterocycles. The lowest BCUT2D eigenvalue weighted by atomic mass is 10.1. The lowest BCUT2D eigenvalue weighted by Gasteiger charge is -2.25. The second kappa shape index (κ2) is 18.0. The highest BCUT2D eigenvalue weighted by atomic mass is 31.2. The molecule has 2 unspecified atom stereocenters. The first-order valence-corrected chi connectivity index (χ1v) is 13.5. The van der Waals surface area contributed by atoms with Crippen LogP contribution in [0.3, 0.4) is 0 Å². The van der Waals surface area contributed by atoms with Crippen molar-refractivity contribution in [2.45, 2.75) is 90.9 Å². The molecule has 28 heavy (non-hydrogen) atoms. The van der Waals surface area contributed by atoms with E-state index in [-0.39, 0.29) is 13.2 Å². The lowest BCUT2D eigenvalue weighted by Crippen LogP contribution is -2.15. The molecule has 0 rings (SSSR count). The van der Waals surface area contributed by atoms with Crippen molar-refractivity contribution >= 4 is 15.6 Å². The Balaban J connectivity index is 3.67. The molecule has 0 aliphatic rings. The van der Waals surface area contributed by atoms with Gasteiger partial charge < -0.3 is 27.9 Å². The van der Waals surface area contributed by atoms with E-state index in [1.807, 2.05) is 0 Å². The van der Waals surface area contributed by atoms with Gasteiger partial charge in [0.25, 0.3) is 15.6 Å². The monoisotopic (exact) mass is 444 g/mol. The highest BCUT2D eigenvalue weighted by molar-refractivity contribution is 7.46. The molecule has 0 heterocycles. The zero-order valence-electron chi connectivity index (χ0n) is 17.5. The molecule has 8 nitrogen and oxygen atoms in total. The van der Waals surface area contributed by atoms with Crippen LogP contribution in [0.15, 0.2) is 0 Å². The Kier molecular flexibility index (Phi) is 18.2. The van der Waals surface area contributed by atoms with Gasteiger partial charge in [-0.3, -0.25) is 9.13 Å². The van der Waals surface area contributed by atoms with Crippen LogP contribution in [-0.4, -0.2) is 26.4 Å². The maximum absolute atomic E-state index is 11.6. The molecule has 0 bridgehead atoms. The summed E-state index contributed by atoms with van der Waals surface area (Å²) in [5.74, 6) is 0. The van der Waals surface area contributed by atoms with Gasteiger partial charge in [-0.15, -0.1) is 0 Å². The predicted molar refractivity (Wildman–Crippen MR) is 106 cm³/mol. The van der Waals surface area contributed by atoms with E-state index >= 15 is 0 Å². The lowest BCUT2D eigenvalue weighted by molar-refractivity contribution is -0.233. The largest absolute Gasteiger partial charge is 0.756 e. The van der Waals surface area contributed by atoms with Gasteiger partial charge in [-0.05, 0) is 12.8 Å². The number of phosphoric acid groups is 2. The zero-order chi connectivity index (χ0) is 21.1. The van der Waals surface area contributed by atoms with E-state index in [4.69, 9.17) is 9.05 Å². The molecule has 0 fully saturated rings. The first kappa shape index (κ1) is 28.2. The van der Waals surface area contributed by atoms with Gasteiger partial charge in [0.15, 0.2) is 0 Å². The van der Waals surface area contributed by atoms with Crippen molar-refractivity contribution in [2.24, 2.45) is 0 Å². The summed E-state index contributed by atoms with van der Waals surface area (Å²) in [4.78, 5) is 23.1. The Morgan fingerprint density at radius 3 is 1.14 bits per heavy atom. The van der Waals surface area contributed by atoms with Gasteiger partial charge in [0.05, 0.1) is 26.4 Å². The summed E-state index contributed by atoms with van der Waals surface area (Å²) >= 11 is 0. The van der Waals surface area contributed by atoms with E-state index in [1.165, 1.54) is 12.8 Å². The summed E-state index contributed by atoms with van der Waals surface area (Å²) in [7, 11) is -8.88. The standard InChI is InChI=1S/C18H40O8P2/c1-3-5-7-9-11-13-15-23-27(19,20)25-17-18-26-28(21,22)24-16-14-12-10-8-6-4-2/h3-18H2,1-2H3,(H,19,20)(H,21,22)/p-2. The van der Waals surface area contributed by atoms with Crippen LogP contribution < -0.4 is 9.79 Å². The minimum Gasteiger partial charge on any atom is -0.756 e. The summed E-state index contributed by atoms with van der Waals surface area (Å²) < 4.78 is 41.8. The number of hydrogen-bond donors (Lipinski definition) is 0. The Bertz CT molecular complexity index is 407. The zero-order valence-corrected chi connectivity index (χ0v) is 19.3. The molecule has 0 N–H and O–H groups in total. The third-order valence-electron chi connectivity index (χ3n) is 4.08. The highest BCUT2D eigenvalue weighted by Gasteiger charge is 2.12.